The fourth-order valence-corrected chi connectivity index (χ4v) is 7.15. The van der Waals surface area contributed by atoms with Gasteiger partial charge in [-0.3, -0.25) is 0 Å². The van der Waals surface area contributed by atoms with Crippen molar-refractivity contribution in [2.45, 2.75) is 17.3 Å². The van der Waals surface area contributed by atoms with E-state index in [9.17, 15) is 0 Å². The van der Waals surface area contributed by atoms with Gasteiger partial charge in [0.05, 0.1) is 0 Å². The zero-order valence-corrected chi connectivity index (χ0v) is 18.7. The highest BCUT2D eigenvalue weighted by Crippen LogP contribution is 2.32. The van der Waals surface area contributed by atoms with Crippen LogP contribution in [-0.2, 0) is 17.3 Å². The van der Waals surface area contributed by atoms with Gasteiger partial charge in [-0.15, -0.1) is 19.7 Å². The minimum absolute atomic E-state index is 0.999. The van der Waals surface area contributed by atoms with Gasteiger partial charge in [0.2, 0.25) is 0 Å². The van der Waals surface area contributed by atoms with E-state index in [1.807, 2.05) is 83.0 Å². The second kappa shape index (κ2) is 15.8. The van der Waals surface area contributed by atoms with Gasteiger partial charge in [-0.2, -0.15) is 0 Å². The molecule has 0 bridgehead atoms. The molecule has 0 saturated carbocycles. The van der Waals surface area contributed by atoms with Crippen LogP contribution < -0.4 is 0 Å². The molecule has 1 aromatic rings. The Hall–Kier alpha value is 0.540. The van der Waals surface area contributed by atoms with Gasteiger partial charge in [-0.25, -0.2) is 0 Å². The SMILES string of the molecule is C=CCSSCc1cc(CSSCC=C)cc(CSSCC=C)c1. The lowest BCUT2D eigenvalue weighted by atomic mass is 10.1. The normalized spacial score (nSPS) is 10.5. The Labute approximate surface area is 171 Å². The largest absolute Gasteiger partial charge is 0.102 e. The summed E-state index contributed by atoms with van der Waals surface area (Å²) in [6, 6.07) is 7.07. The summed E-state index contributed by atoms with van der Waals surface area (Å²) in [5, 5.41) is 0. The molecule has 0 aromatic heterocycles. The first-order valence-corrected chi connectivity index (χ1v) is 14.9. The van der Waals surface area contributed by atoms with E-state index in [-0.39, 0.29) is 0 Å². The summed E-state index contributed by atoms with van der Waals surface area (Å²) in [6.45, 7) is 11.3. The van der Waals surface area contributed by atoms with Crippen molar-refractivity contribution in [2.24, 2.45) is 0 Å². The molecule has 0 radical (unpaired) electrons. The fourth-order valence-electron chi connectivity index (χ4n) is 1.71. The fraction of sp³-hybridized carbons (Fsp3) is 0.333. The molecule has 0 heterocycles. The Morgan fingerprint density at radius 2 is 0.833 bits per heavy atom. The van der Waals surface area contributed by atoms with E-state index in [1.54, 1.807) is 0 Å². The quantitative estimate of drug-likeness (QED) is 0.156. The van der Waals surface area contributed by atoms with Crippen LogP contribution in [0.2, 0.25) is 0 Å². The van der Waals surface area contributed by atoms with Crippen LogP contribution in [-0.4, -0.2) is 17.3 Å². The molecule has 132 valence electrons. The Balaban J connectivity index is 2.62. The number of rotatable bonds is 15. The third-order valence-electron chi connectivity index (χ3n) is 2.60. The van der Waals surface area contributed by atoms with Gasteiger partial charge < -0.3 is 0 Å². The van der Waals surface area contributed by atoms with E-state index in [0.717, 1.165) is 34.5 Å². The molecule has 1 rings (SSSR count). The molecule has 0 saturated heterocycles. The van der Waals surface area contributed by atoms with Crippen LogP contribution in [0, 0.1) is 0 Å². The Kier molecular flexibility index (Phi) is 14.8. The van der Waals surface area contributed by atoms with Gasteiger partial charge in [0.15, 0.2) is 0 Å². The maximum Gasteiger partial charge on any atom is 0.0289 e. The average molecular weight is 433 g/mol. The minimum Gasteiger partial charge on any atom is -0.102 e. The monoisotopic (exact) mass is 432 g/mol. The molecule has 0 fully saturated rings. The molecule has 0 atom stereocenters. The highest BCUT2D eigenvalue weighted by molar-refractivity contribution is 8.77. The average Bonchev–Trinajstić information content (AvgIpc) is 2.59. The van der Waals surface area contributed by atoms with Crippen molar-refractivity contribution in [1.82, 2.24) is 0 Å². The zero-order valence-electron chi connectivity index (χ0n) is 13.8. The summed E-state index contributed by atoms with van der Waals surface area (Å²) in [5.74, 6) is 6.15. The van der Waals surface area contributed by atoms with E-state index in [0.29, 0.717) is 0 Å². The van der Waals surface area contributed by atoms with Crippen LogP contribution >= 0.6 is 64.8 Å². The lowest BCUT2D eigenvalue weighted by Crippen LogP contribution is -1.90. The maximum atomic E-state index is 3.77. The van der Waals surface area contributed by atoms with Crippen LogP contribution in [0.4, 0.5) is 0 Å². The van der Waals surface area contributed by atoms with Crippen LogP contribution in [0.3, 0.4) is 0 Å². The Bertz CT molecular complexity index is 417. The highest BCUT2D eigenvalue weighted by atomic mass is 33.1. The van der Waals surface area contributed by atoms with Gasteiger partial charge in [-0.1, -0.05) is 101 Å². The van der Waals surface area contributed by atoms with E-state index in [2.05, 4.69) is 37.9 Å². The van der Waals surface area contributed by atoms with Gasteiger partial charge >= 0.3 is 0 Å². The lowest BCUT2D eigenvalue weighted by molar-refractivity contribution is 1.28. The van der Waals surface area contributed by atoms with Crippen molar-refractivity contribution >= 4 is 64.8 Å². The molecule has 0 amide bonds. The Morgan fingerprint density at radius 1 is 0.542 bits per heavy atom. The smallest absolute Gasteiger partial charge is 0.0289 e. The highest BCUT2D eigenvalue weighted by Gasteiger charge is 2.04. The van der Waals surface area contributed by atoms with E-state index in [1.165, 1.54) is 16.7 Å². The van der Waals surface area contributed by atoms with Crippen molar-refractivity contribution < 1.29 is 0 Å². The van der Waals surface area contributed by atoms with Gasteiger partial charge in [0, 0.05) is 34.5 Å². The van der Waals surface area contributed by atoms with Gasteiger partial charge in [-0.05, 0) is 16.7 Å². The van der Waals surface area contributed by atoms with Crippen molar-refractivity contribution in [3.8, 4) is 0 Å². The lowest BCUT2D eigenvalue weighted by Gasteiger charge is -2.09. The second-order valence-electron chi connectivity index (χ2n) is 4.66. The first-order chi connectivity index (χ1) is 11.8. The van der Waals surface area contributed by atoms with Crippen molar-refractivity contribution in [2.75, 3.05) is 17.3 Å². The molecule has 6 heteroatoms. The second-order valence-corrected chi connectivity index (χ2v) is 12.2. The minimum atomic E-state index is 0.999. The Morgan fingerprint density at radius 3 is 1.08 bits per heavy atom. The standard InChI is InChI=1S/C18H24S6/c1-4-7-19-22-13-16-10-17(14-23-20-8-5-2)12-18(11-16)15-24-21-9-6-3/h4-6,10-12H,1-3,7-9,13-15H2. The van der Waals surface area contributed by atoms with Crippen molar-refractivity contribution in [3.05, 3.63) is 72.9 Å². The predicted octanol–water partition coefficient (Wildman–Crippen LogP) is 7.89. The summed E-state index contributed by atoms with van der Waals surface area (Å²) in [4.78, 5) is 0. The van der Waals surface area contributed by atoms with Gasteiger partial charge in [0.25, 0.3) is 0 Å². The topological polar surface area (TPSA) is 0 Å². The molecule has 0 aliphatic rings. The van der Waals surface area contributed by atoms with E-state index < -0.39 is 0 Å². The third-order valence-corrected chi connectivity index (χ3v) is 9.35. The molecule has 0 N–H and O–H groups in total. The summed E-state index contributed by atoms with van der Waals surface area (Å²) in [5.41, 5.74) is 4.27. The summed E-state index contributed by atoms with van der Waals surface area (Å²) in [6.07, 6.45) is 5.88. The molecule has 24 heavy (non-hydrogen) atoms. The molecular weight excluding hydrogens is 409 g/mol. The first kappa shape index (κ1) is 22.6. The summed E-state index contributed by atoms with van der Waals surface area (Å²) >= 11 is 0. The molecule has 0 unspecified atom stereocenters. The molecule has 0 aliphatic heterocycles. The predicted molar refractivity (Wildman–Crippen MR) is 128 cm³/mol. The number of hydrogen-bond acceptors (Lipinski definition) is 6. The van der Waals surface area contributed by atoms with Gasteiger partial charge in [0.1, 0.15) is 0 Å². The maximum absolute atomic E-state index is 3.77. The number of benzene rings is 1. The zero-order chi connectivity index (χ0) is 17.5. The first-order valence-electron chi connectivity index (χ1n) is 7.47. The third kappa shape index (κ3) is 11.2. The molecular formula is C18H24S6. The van der Waals surface area contributed by atoms with Crippen LogP contribution in [0.15, 0.2) is 56.2 Å². The molecule has 0 spiro atoms. The van der Waals surface area contributed by atoms with Crippen molar-refractivity contribution in [1.29, 1.82) is 0 Å². The van der Waals surface area contributed by atoms with Crippen LogP contribution in [0.25, 0.3) is 0 Å². The van der Waals surface area contributed by atoms with Crippen LogP contribution in [0.1, 0.15) is 16.7 Å². The summed E-state index contributed by atoms with van der Waals surface area (Å²) < 4.78 is 0. The molecule has 0 nitrogen and oxygen atoms in total. The van der Waals surface area contributed by atoms with Crippen LogP contribution in [0.5, 0.6) is 0 Å². The molecule has 1 aromatic carbocycles. The van der Waals surface area contributed by atoms with Crippen molar-refractivity contribution in [3.63, 3.8) is 0 Å². The number of hydrogen-bond donors (Lipinski definition) is 0. The van der Waals surface area contributed by atoms with E-state index >= 15 is 0 Å². The molecule has 0 aliphatic carbocycles. The summed E-state index contributed by atoms with van der Waals surface area (Å²) in [7, 11) is 11.3. The van der Waals surface area contributed by atoms with E-state index in [4.69, 9.17) is 0 Å².